The van der Waals surface area contributed by atoms with E-state index < -0.39 is 35.5 Å². The zero-order valence-corrected chi connectivity index (χ0v) is 15.4. The Morgan fingerprint density at radius 3 is 2.35 bits per heavy atom. The lowest BCUT2D eigenvalue weighted by atomic mass is 10.1. The van der Waals surface area contributed by atoms with Crippen LogP contribution >= 0.6 is 0 Å². The molecule has 0 aliphatic heterocycles. The predicted octanol–water partition coefficient (Wildman–Crippen LogP) is 5.13. The molecule has 0 saturated heterocycles. The van der Waals surface area contributed by atoms with Crippen molar-refractivity contribution in [2.75, 3.05) is 0 Å². The topological polar surface area (TPSA) is 69.3 Å². The standard InChI is InChI=1S/C19H11F6N3O3/c1-27-8-12-11-6-9(17(29)30)2-4-14(11)28(16(12)26-27)15-5-3-10(31-19(23,24)25)7-13(15)18(20,21)22/h2-8H,1H3,(H,29,30). The van der Waals surface area contributed by atoms with Gasteiger partial charge in [0.15, 0.2) is 5.65 Å². The molecule has 31 heavy (non-hydrogen) atoms. The van der Waals surface area contributed by atoms with E-state index in [0.29, 0.717) is 10.8 Å². The molecule has 1 N–H and O–H groups in total. The summed E-state index contributed by atoms with van der Waals surface area (Å²) >= 11 is 0. The van der Waals surface area contributed by atoms with E-state index in [9.17, 15) is 36.2 Å². The number of ether oxygens (including phenoxy) is 1. The van der Waals surface area contributed by atoms with E-state index in [0.717, 1.165) is 16.7 Å². The molecule has 0 unspecified atom stereocenters. The van der Waals surface area contributed by atoms with Crippen LogP contribution in [0.4, 0.5) is 26.3 Å². The van der Waals surface area contributed by atoms with Gasteiger partial charge in [0, 0.05) is 24.0 Å². The van der Waals surface area contributed by atoms with E-state index in [2.05, 4.69) is 9.84 Å². The zero-order valence-electron chi connectivity index (χ0n) is 15.4. The van der Waals surface area contributed by atoms with Gasteiger partial charge in [-0.1, -0.05) is 0 Å². The highest BCUT2D eigenvalue weighted by atomic mass is 19.4. The van der Waals surface area contributed by atoms with Crippen LogP contribution in [-0.4, -0.2) is 31.8 Å². The maximum atomic E-state index is 13.8. The second-order valence-electron chi connectivity index (χ2n) is 6.64. The fourth-order valence-corrected chi connectivity index (χ4v) is 3.40. The number of aromatic carboxylic acids is 1. The van der Waals surface area contributed by atoms with Gasteiger partial charge in [0.1, 0.15) is 5.75 Å². The molecular formula is C19H11F6N3O3. The lowest BCUT2D eigenvalue weighted by Gasteiger charge is -2.17. The van der Waals surface area contributed by atoms with Crippen LogP contribution < -0.4 is 4.74 Å². The highest BCUT2D eigenvalue weighted by Crippen LogP contribution is 2.40. The predicted molar refractivity (Wildman–Crippen MR) is 96.2 cm³/mol. The van der Waals surface area contributed by atoms with Crippen LogP contribution in [0.3, 0.4) is 0 Å². The smallest absolute Gasteiger partial charge is 0.478 e. The van der Waals surface area contributed by atoms with Crippen molar-refractivity contribution < 1.29 is 41.0 Å². The number of benzene rings is 2. The van der Waals surface area contributed by atoms with Gasteiger partial charge in [0.05, 0.1) is 22.3 Å². The minimum Gasteiger partial charge on any atom is -0.478 e. The number of halogens is 6. The fraction of sp³-hybridized carbons (Fsp3) is 0.158. The summed E-state index contributed by atoms with van der Waals surface area (Å²) in [5.74, 6) is -2.25. The Morgan fingerprint density at radius 1 is 1.03 bits per heavy atom. The number of rotatable bonds is 3. The van der Waals surface area contributed by atoms with Crippen LogP contribution in [-0.2, 0) is 13.2 Å². The van der Waals surface area contributed by atoms with Gasteiger partial charge >= 0.3 is 18.5 Å². The lowest BCUT2D eigenvalue weighted by molar-refractivity contribution is -0.274. The Bertz CT molecular complexity index is 1330. The molecule has 162 valence electrons. The first kappa shape index (κ1) is 20.6. The molecule has 4 rings (SSSR count). The minimum absolute atomic E-state index is 0.0787. The Morgan fingerprint density at radius 2 is 1.74 bits per heavy atom. The SMILES string of the molecule is Cn1cc2c3cc(C(=O)O)ccc3n(-c3ccc(OC(F)(F)F)cc3C(F)(F)F)c2n1. The average Bonchev–Trinajstić information content (AvgIpc) is 3.14. The summed E-state index contributed by atoms with van der Waals surface area (Å²) in [6.07, 6.45) is -8.67. The highest BCUT2D eigenvalue weighted by molar-refractivity contribution is 6.10. The Balaban J connectivity index is 2.04. The molecule has 0 radical (unpaired) electrons. The van der Waals surface area contributed by atoms with Gasteiger partial charge in [-0.15, -0.1) is 13.2 Å². The van der Waals surface area contributed by atoms with Gasteiger partial charge in [0.25, 0.3) is 0 Å². The molecule has 0 aliphatic rings. The molecule has 2 aromatic heterocycles. The molecule has 0 fully saturated rings. The summed E-state index contributed by atoms with van der Waals surface area (Å²) in [5.41, 5.74) is -1.65. The van der Waals surface area contributed by atoms with Crippen molar-refractivity contribution in [2.45, 2.75) is 12.5 Å². The number of nitrogens with zero attached hydrogens (tertiary/aromatic N) is 3. The molecule has 0 atom stereocenters. The van der Waals surface area contributed by atoms with Crippen molar-refractivity contribution in [1.82, 2.24) is 14.3 Å². The first-order valence-electron chi connectivity index (χ1n) is 8.53. The normalized spacial score (nSPS) is 12.6. The highest BCUT2D eigenvalue weighted by Gasteiger charge is 2.37. The van der Waals surface area contributed by atoms with Crippen molar-refractivity contribution in [3.8, 4) is 11.4 Å². The van der Waals surface area contributed by atoms with E-state index in [1.807, 2.05) is 0 Å². The van der Waals surface area contributed by atoms with Gasteiger partial charge in [-0.05, 0) is 36.4 Å². The maximum absolute atomic E-state index is 13.8. The van der Waals surface area contributed by atoms with Crippen LogP contribution in [0.25, 0.3) is 27.6 Å². The van der Waals surface area contributed by atoms with Crippen molar-refractivity contribution in [3.05, 3.63) is 53.7 Å². The fourth-order valence-electron chi connectivity index (χ4n) is 3.40. The molecule has 2 heterocycles. The molecule has 0 bridgehead atoms. The van der Waals surface area contributed by atoms with Gasteiger partial charge < -0.3 is 9.84 Å². The van der Waals surface area contributed by atoms with Crippen LogP contribution in [0.1, 0.15) is 15.9 Å². The average molecular weight is 443 g/mol. The number of fused-ring (bicyclic) bond motifs is 3. The number of alkyl halides is 6. The quantitative estimate of drug-likeness (QED) is 0.446. The monoisotopic (exact) mass is 443 g/mol. The molecule has 0 amide bonds. The van der Waals surface area contributed by atoms with Crippen LogP contribution in [0.5, 0.6) is 5.75 Å². The van der Waals surface area contributed by atoms with E-state index in [1.54, 1.807) is 0 Å². The van der Waals surface area contributed by atoms with Crippen molar-refractivity contribution >= 4 is 27.9 Å². The van der Waals surface area contributed by atoms with E-state index in [-0.39, 0.29) is 22.8 Å². The van der Waals surface area contributed by atoms with Crippen LogP contribution in [0, 0.1) is 0 Å². The van der Waals surface area contributed by atoms with Crippen molar-refractivity contribution in [1.29, 1.82) is 0 Å². The van der Waals surface area contributed by atoms with Gasteiger partial charge in [-0.3, -0.25) is 9.25 Å². The largest absolute Gasteiger partial charge is 0.573 e. The number of aryl methyl sites for hydroxylation is 1. The molecule has 2 aromatic carbocycles. The Hall–Kier alpha value is -3.70. The zero-order chi connectivity index (χ0) is 22.7. The third kappa shape index (κ3) is 3.64. The summed E-state index contributed by atoms with van der Waals surface area (Å²) in [6.45, 7) is 0. The second kappa shape index (κ2) is 6.65. The van der Waals surface area contributed by atoms with Crippen molar-refractivity contribution in [2.24, 2.45) is 7.05 Å². The van der Waals surface area contributed by atoms with E-state index in [1.165, 1.54) is 36.1 Å². The molecule has 0 saturated carbocycles. The molecule has 0 aliphatic carbocycles. The molecule has 12 heteroatoms. The summed E-state index contributed by atoms with van der Waals surface area (Å²) in [5, 5.41) is 14.1. The van der Waals surface area contributed by atoms with Gasteiger partial charge in [0.2, 0.25) is 0 Å². The number of carbonyl (C=O) groups is 1. The first-order valence-corrected chi connectivity index (χ1v) is 8.53. The van der Waals surface area contributed by atoms with Crippen LogP contribution in [0.2, 0.25) is 0 Å². The van der Waals surface area contributed by atoms with Gasteiger partial charge in [-0.2, -0.15) is 18.3 Å². The number of hydrogen-bond donors (Lipinski definition) is 1. The third-order valence-electron chi connectivity index (χ3n) is 4.54. The number of aromatic nitrogens is 3. The number of carboxylic acid groups (broad SMARTS) is 1. The second-order valence-corrected chi connectivity index (χ2v) is 6.64. The first-order chi connectivity index (χ1) is 14.3. The molecular weight excluding hydrogens is 432 g/mol. The molecule has 0 spiro atoms. The summed E-state index contributed by atoms with van der Waals surface area (Å²) in [4.78, 5) is 11.3. The third-order valence-corrected chi connectivity index (χ3v) is 4.54. The molecule has 6 nitrogen and oxygen atoms in total. The van der Waals surface area contributed by atoms with Crippen LogP contribution in [0.15, 0.2) is 42.6 Å². The van der Waals surface area contributed by atoms with Crippen molar-refractivity contribution in [3.63, 3.8) is 0 Å². The minimum atomic E-state index is -5.16. The molecule has 4 aromatic rings. The maximum Gasteiger partial charge on any atom is 0.573 e. The Labute approximate surface area is 168 Å². The number of carboxylic acids is 1. The lowest BCUT2D eigenvalue weighted by Crippen LogP contribution is -2.18. The summed E-state index contributed by atoms with van der Waals surface area (Å²) < 4.78 is 84.9. The summed E-state index contributed by atoms with van der Waals surface area (Å²) in [6, 6.07) is 5.71. The van der Waals surface area contributed by atoms with Gasteiger partial charge in [-0.25, -0.2) is 4.79 Å². The van der Waals surface area contributed by atoms with E-state index >= 15 is 0 Å². The van der Waals surface area contributed by atoms with E-state index in [4.69, 9.17) is 0 Å². The number of hydrogen-bond acceptors (Lipinski definition) is 3. The summed E-state index contributed by atoms with van der Waals surface area (Å²) in [7, 11) is 1.53. The Kier molecular flexibility index (Phi) is 4.41.